The lowest BCUT2D eigenvalue weighted by Gasteiger charge is -2.03. The van der Waals surface area contributed by atoms with Gasteiger partial charge in [-0.25, -0.2) is 4.39 Å². The number of aryl methyl sites for hydroxylation is 1. The summed E-state index contributed by atoms with van der Waals surface area (Å²) in [5.74, 6) is 0. The Kier molecular flexibility index (Phi) is 3.71. The smallest absolute Gasteiger partial charge is 0.0872 e. The molecule has 0 fully saturated rings. The van der Waals surface area contributed by atoms with E-state index in [1.165, 1.54) is 17.2 Å². The van der Waals surface area contributed by atoms with Crippen LogP contribution in [0.1, 0.15) is 18.1 Å². The number of rotatable bonds is 3. The van der Waals surface area contributed by atoms with Crippen LogP contribution in [0.3, 0.4) is 0 Å². The van der Waals surface area contributed by atoms with Crippen molar-refractivity contribution in [3.05, 3.63) is 66.0 Å². The van der Waals surface area contributed by atoms with Crippen molar-refractivity contribution in [3.63, 3.8) is 0 Å². The zero-order chi connectivity index (χ0) is 12.1. The molecule has 0 aliphatic heterocycles. The molecule has 2 rings (SSSR count). The van der Waals surface area contributed by atoms with Crippen LogP contribution in [0.15, 0.2) is 54.9 Å². The third-order valence-corrected chi connectivity index (χ3v) is 2.86. The molecule has 0 aliphatic rings. The molecule has 0 saturated heterocycles. The largest absolute Gasteiger partial charge is 0.216 e. The van der Waals surface area contributed by atoms with E-state index in [4.69, 9.17) is 0 Å². The van der Waals surface area contributed by atoms with Gasteiger partial charge in [0.2, 0.25) is 0 Å². The number of halogens is 1. The molecule has 2 aromatic rings. The van der Waals surface area contributed by atoms with Gasteiger partial charge in [0.25, 0.3) is 0 Å². The Bertz CT molecular complexity index is 492. The monoisotopic (exact) mass is 226 g/mol. The minimum atomic E-state index is 0.561. The zero-order valence-corrected chi connectivity index (χ0v) is 9.86. The van der Waals surface area contributed by atoms with E-state index < -0.39 is 0 Å². The second-order valence-corrected chi connectivity index (χ2v) is 3.97. The van der Waals surface area contributed by atoms with Crippen molar-refractivity contribution < 1.29 is 4.39 Å². The first-order valence-electron chi connectivity index (χ1n) is 5.79. The summed E-state index contributed by atoms with van der Waals surface area (Å²) in [6, 6.07) is 16.4. The first-order valence-corrected chi connectivity index (χ1v) is 5.79. The SMILES string of the molecule is CCc1ccc(-c2ccc(C=CF)cc2)cc1. The van der Waals surface area contributed by atoms with Gasteiger partial charge in [0.05, 0.1) is 6.33 Å². The van der Waals surface area contributed by atoms with E-state index in [2.05, 4.69) is 31.2 Å². The van der Waals surface area contributed by atoms with Crippen molar-refractivity contribution in [2.75, 3.05) is 0 Å². The maximum atomic E-state index is 12.0. The quantitative estimate of drug-likeness (QED) is 0.701. The Labute approximate surface area is 101 Å². The van der Waals surface area contributed by atoms with Crippen LogP contribution < -0.4 is 0 Å². The average molecular weight is 226 g/mol. The van der Waals surface area contributed by atoms with Crippen LogP contribution in [0.4, 0.5) is 4.39 Å². The topological polar surface area (TPSA) is 0 Å². The van der Waals surface area contributed by atoms with E-state index in [0.29, 0.717) is 6.33 Å². The maximum absolute atomic E-state index is 12.0. The van der Waals surface area contributed by atoms with Gasteiger partial charge < -0.3 is 0 Å². The summed E-state index contributed by atoms with van der Waals surface area (Å²) in [6.45, 7) is 2.15. The van der Waals surface area contributed by atoms with Crippen LogP contribution in [0.5, 0.6) is 0 Å². The fourth-order valence-corrected chi connectivity index (χ4v) is 1.79. The van der Waals surface area contributed by atoms with Crippen LogP contribution in [0.25, 0.3) is 17.2 Å². The number of hydrogen-bond donors (Lipinski definition) is 0. The van der Waals surface area contributed by atoms with Crippen molar-refractivity contribution in [1.82, 2.24) is 0 Å². The van der Waals surface area contributed by atoms with Crippen LogP contribution in [0.2, 0.25) is 0 Å². The standard InChI is InChI=1S/C16H15F/c1-2-13-3-7-15(8-4-13)16-9-5-14(6-10-16)11-12-17/h3-12H,2H2,1H3. The summed E-state index contributed by atoms with van der Waals surface area (Å²) in [4.78, 5) is 0. The highest BCUT2D eigenvalue weighted by atomic mass is 19.1. The molecule has 0 radical (unpaired) electrons. The first-order chi connectivity index (χ1) is 8.33. The van der Waals surface area contributed by atoms with Gasteiger partial charge in [-0.3, -0.25) is 0 Å². The van der Waals surface area contributed by atoms with Crippen LogP contribution in [-0.4, -0.2) is 0 Å². The number of benzene rings is 2. The molecule has 0 saturated carbocycles. The summed E-state index contributed by atoms with van der Waals surface area (Å²) in [6.07, 6.45) is 3.07. The molecule has 0 N–H and O–H groups in total. The van der Waals surface area contributed by atoms with Gasteiger partial charge in [-0.15, -0.1) is 0 Å². The fraction of sp³-hybridized carbons (Fsp3) is 0.125. The van der Waals surface area contributed by atoms with Crippen molar-refractivity contribution in [1.29, 1.82) is 0 Å². The summed E-state index contributed by atoms with van der Waals surface area (Å²) in [7, 11) is 0. The Morgan fingerprint density at radius 1 is 0.882 bits per heavy atom. The molecule has 0 nitrogen and oxygen atoms in total. The summed E-state index contributed by atoms with van der Waals surface area (Å²) < 4.78 is 12.0. The van der Waals surface area contributed by atoms with E-state index >= 15 is 0 Å². The molecule has 0 amide bonds. The lowest BCUT2D eigenvalue weighted by molar-refractivity contribution is 0.727. The van der Waals surface area contributed by atoms with Crippen LogP contribution in [0, 0.1) is 0 Å². The molecule has 0 aromatic heterocycles. The van der Waals surface area contributed by atoms with Gasteiger partial charge in [0.15, 0.2) is 0 Å². The van der Waals surface area contributed by atoms with E-state index in [1.807, 2.05) is 24.3 Å². The molecule has 0 spiro atoms. The second-order valence-electron chi connectivity index (χ2n) is 3.97. The predicted octanol–water partition coefficient (Wildman–Crippen LogP) is 4.86. The molecular formula is C16H15F. The summed E-state index contributed by atoms with van der Waals surface area (Å²) >= 11 is 0. The molecule has 2 aromatic carbocycles. The fourth-order valence-electron chi connectivity index (χ4n) is 1.79. The van der Waals surface area contributed by atoms with Crippen molar-refractivity contribution in [2.24, 2.45) is 0 Å². The summed E-state index contributed by atoms with van der Waals surface area (Å²) in [5, 5.41) is 0. The molecule has 17 heavy (non-hydrogen) atoms. The minimum absolute atomic E-state index is 0.561. The maximum Gasteiger partial charge on any atom is 0.0872 e. The molecule has 0 bridgehead atoms. The zero-order valence-electron chi connectivity index (χ0n) is 9.86. The van der Waals surface area contributed by atoms with Crippen molar-refractivity contribution in [3.8, 4) is 11.1 Å². The second kappa shape index (κ2) is 5.44. The highest BCUT2D eigenvalue weighted by molar-refractivity contribution is 5.65. The average Bonchev–Trinajstić information content (AvgIpc) is 2.40. The lowest BCUT2D eigenvalue weighted by Crippen LogP contribution is -1.81. The molecule has 1 heteroatoms. The van der Waals surface area contributed by atoms with E-state index in [0.717, 1.165) is 17.5 Å². The van der Waals surface area contributed by atoms with Crippen molar-refractivity contribution >= 4 is 6.08 Å². The molecule has 0 heterocycles. The van der Waals surface area contributed by atoms with Gasteiger partial charge in [0, 0.05) is 0 Å². The molecule has 86 valence electrons. The lowest BCUT2D eigenvalue weighted by atomic mass is 10.0. The normalized spacial score (nSPS) is 10.9. The Morgan fingerprint density at radius 2 is 1.41 bits per heavy atom. The van der Waals surface area contributed by atoms with E-state index in [1.54, 1.807) is 0 Å². The Balaban J connectivity index is 2.26. The van der Waals surface area contributed by atoms with E-state index in [-0.39, 0.29) is 0 Å². The van der Waals surface area contributed by atoms with Crippen LogP contribution >= 0.6 is 0 Å². The molecule has 0 unspecified atom stereocenters. The van der Waals surface area contributed by atoms with E-state index in [9.17, 15) is 4.39 Å². The van der Waals surface area contributed by atoms with Gasteiger partial charge in [-0.05, 0) is 34.8 Å². The molecule has 0 aliphatic carbocycles. The Hall–Kier alpha value is -1.89. The first kappa shape index (κ1) is 11.6. The predicted molar refractivity (Wildman–Crippen MR) is 71.4 cm³/mol. The summed E-state index contributed by atoms with van der Waals surface area (Å²) in [5.41, 5.74) is 4.56. The third kappa shape index (κ3) is 2.82. The molecule has 0 atom stereocenters. The van der Waals surface area contributed by atoms with Crippen molar-refractivity contribution in [2.45, 2.75) is 13.3 Å². The number of hydrogen-bond acceptors (Lipinski definition) is 0. The highest BCUT2D eigenvalue weighted by Crippen LogP contribution is 2.20. The minimum Gasteiger partial charge on any atom is -0.216 e. The van der Waals surface area contributed by atoms with Gasteiger partial charge in [-0.1, -0.05) is 55.5 Å². The van der Waals surface area contributed by atoms with Gasteiger partial charge in [0.1, 0.15) is 0 Å². The van der Waals surface area contributed by atoms with Gasteiger partial charge in [-0.2, -0.15) is 0 Å². The third-order valence-electron chi connectivity index (χ3n) is 2.86. The highest BCUT2D eigenvalue weighted by Gasteiger charge is 1.97. The Morgan fingerprint density at radius 3 is 1.88 bits per heavy atom. The van der Waals surface area contributed by atoms with Crippen LogP contribution in [-0.2, 0) is 6.42 Å². The van der Waals surface area contributed by atoms with Gasteiger partial charge >= 0.3 is 0 Å². The molecular weight excluding hydrogens is 211 g/mol.